The number of sulfone groups is 1. The molecule has 0 bridgehead atoms. The van der Waals surface area contributed by atoms with Gasteiger partial charge in [0.25, 0.3) is 0 Å². The number of carboxylic acid groups (broad SMARTS) is 1. The zero-order valence-corrected chi connectivity index (χ0v) is 17.0. The molecule has 3 aromatic carbocycles. The van der Waals surface area contributed by atoms with Gasteiger partial charge in [-0.15, -0.1) is 5.10 Å². The van der Waals surface area contributed by atoms with Gasteiger partial charge in [-0.3, -0.25) is 0 Å². The van der Waals surface area contributed by atoms with Crippen molar-refractivity contribution in [3.05, 3.63) is 89.7 Å². The third-order valence-electron chi connectivity index (χ3n) is 4.70. The van der Waals surface area contributed by atoms with Gasteiger partial charge >= 0.3 is 5.97 Å². The summed E-state index contributed by atoms with van der Waals surface area (Å²) >= 11 is 0. The van der Waals surface area contributed by atoms with Gasteiger partial charge < -0.3 is 5.11 Å². The molecule has 0 amide bonds. The average molecular weight is 437 g/mol. The lowest BCUT2D eigenvalue weighted by Crippen LogP contribution is -2.06. The van der Waals surface area contributed by atoms with E-state index in [1.54, 1.807) is 12.1 Å². The second kappa shape index (κ2) is 7.77. The molecule has 1 aromatic heterocycles. The van der Waals surface area contributed by atoms with Gasteiger partial charge in [-0.1, -0.05) is 22.9 Å². The summed E-state index contributed by atoms with van der Waals surface area (Å²) in [4.78, 5) is 11.2. The first-order chi connectivity index (χ1) is 14.8. The van der Waals surface area contributed by atoms with Crippen molar-refractivity contribution in [1.82, 2.24) is 15.0 Å². The molecular formula is C22H16FN3O4S. The van der Waals surface area contributed by atoms with Gasteiger partial charge in [0, 0.05) is 5.56 Å². The van der Waals surface area contributed by atoms with E-state index >= 15 is 0 Å². The minimum Gasteiger partial charge on any atom is -0.478 e. The maximum atomic E-state index is 13.5. The minimum absolute atomic E-state index is 0.0507. The number of hydrogen-bond acceptors (Lipinski definition) is 5. The number of hydrogen-bond donors (Lipinski definition) is 1. The topological polar surface area (TPSA) is 102 Å². The van der Waals surface area contributed by atoms with E-state index in [4.69, 9.17) is 5.11 Å². The summed E-state index contributed by atoms with van der Waals surface area (Å²) in [6.45, 7) is 1.84. The van der Waals surface area contributed by atoms with Crippen LogP contribution in [0.15, 0.2) is 82.7 Å². The van der Waals surface area contributed by atoms with Crippen LogP contribution in [0.1, 0.15) is 15.9 Å². The molecule has 0 saturated carbocycles. The fraction of sp³-hybridized carbons (Fsp3) is 0.0455. The van der Waals surface area contributed by atoms with Crippen molar-refractivity contribution in [2.24, 2.45) is 0 Å². The summed E-state index contributed by atoms with van der Waals surface area (Å²) in [6, 6.07) is 17.4. The molecule has 0 spiro atoms. The molecule has 7 nitrogen and oxygen atoms in total. The van der Waals surface area contributed by atoms with Gasteiger partial charge in [0.05, 0.1) is 16.1 Å². The standard InChI is InChI=1S/C22H16FN3O4S/c1-14-2-12-19(13-3-14)31(29,30)21-20(15-4-8-17(23)9-5-15)26(25-24-21)18-10-6-16(7-11-18)22(27)28/h2-13H,1H3,(H,27,28). The Kier molecular flexibility index (Phi) is 5.12. The van der Waals surface area contributed by atoms with Gasteiger partial charge in [-0.2, -0.15) is 0 Å². The van der Waals surface area contributed by atoms with E-state index in [1.165, 1.54) is 65.3 Å². The number of nitrogens with zero attached hydrogens (tertiary/aromatic N) is 3. The fourth-order valence-corrected chi connectivity index (χ4v) is 4.38. The molecule has 0 radical (unpaired) electrons. The van der Waals surface area contributed by atoms with Crippen LogP contribution in [0.3, 0.4) is 0 Å². The van der Waals surface area contributed by atoms with Crippen molar-refractivity contribution in [1.29, 1.82) is 0 Å². The average Bonchev–Trinajstić information content (AvgIpc) is 3.21. The molecule has 4 rings (SSSR count). The first kappa shape index (κ1) is 20.4. The minimum atomic E-state index is -4.04. The highest BCUT2D eigenvalue weighted by atomic mass is 32.2. The van der Waals surface area contributed by atoms with E-state index in [0.717, 1.165) is 5.56 Å². The highest BCUT2D eigenvalue weighted by molar-refractivity contribution is 7.91. The first-order valence-corrected chi connectivity index (χ1v) is 10.6. The summed E-state index contributed by atoms with van der Waals surface area (Å²) in [7, 11) is -4.04. The first-order valence-electron chi connectivity index (χ1n) is 9.14. The number of rotatable bonds is 5. The highest BCUT2D eigenvalue weighted by Gasteiger charge is 2.29. The molecule has 0 aliphatic heterocycles. The third kappa shape index (κ3) is 3.82. The largest absolute Gasteiger partial charge is 0.478 e. The maximum Gasteiger partial charge on any atom is 0.335 e. The molecule has 9 heteroatoms. The number of carbonyl (C=O) groups is 1. The van der Waals surface area contributed by atoms with Gasteiger partial charge in [0.15, 0.2) is 0 Å². The SMILES string of the molecule is Cc1ccc(S(=O)(=O)c2nnn(-c3ccc(C(=O)O)cc3)c2-c2ccc(F)cc2)cc1. The number of benzene rings is 3. The van der Waals surface area contributed by atoms with E-state index in [2.05, 4.69) is 10.3 Å². The van der Waals surface area contributed by atoms with Crippen LogP contribution in [-0.4, -0.2) is 34.5 Å². The molecule has 156 valence electrons. The molecule has 1 heterocycles. The van der Waals surface area contributed by atoms with Crippen molar-refractivity contribution >= 4 is 15.8 Å². The quantitative estimate of drug-likeness (QED) is 0.508. The molecule has 1 N–H and O–H groups in total. The van der Waals surface area contributed by atoms with Gasteiger partial charge in [-0.05, 0) is 67.6 Å². The van der Waals surface area contributed by atoms with Crippen molar-refractivity contribution < 1.29 is 22.7 Å². The molecule has 0 saturated heterocycles. The fourth-order valence-electron chi connectivity index (χ4n) is 3.06. The summed E-state index contributed by atoms with van der Waals surface area (Å²) in [5, 5.41) is 16.8. The Morgan fingerprint density at radius 3 is 2.13 bits per heavy atom. The van der Waals surface area contributed by atoms with Crippen molar-refractivity contribution in [3.63, 3.8) is 0 Å². The molecule has 31 heavy (non-hydrogen) atoms. The van der Waals surface area contributed by atoms with Crippen molar-refractivity contribution in [3.8, 4) is 16.9 Å². The second-order valence-corrected chi connectivity index (χ2v) is 8.70. The molecule has 0 aliphatic rings. The van der Waals surface area contributed by atoms with E-state index in [9.17, 15) is 17.6 Å². The van der Waals surface area contributed by atoms with Crippen molar-refractivity contribution in [2.45, 2.75) is 16.8 Å². The Morgan fingerprint density at radius 1 is 0.935 bits per heavy atom. The van der Waals surface area contributed by atoms with E-state index in [1.807, 2.05) is 6.92 Å². The number of carboxylic acids is 1. The zero-order chi connectivity index (χ0) is 22.2. The second-order valence-electron chi connectivity index (χ2n) is 6.83. The van der Waals surface area contributed by atoms with Gasteiger partial charge in [-0.25, -0.2) is 22.3 Å². The molecule has 0 fully saturated rings. The lowest BCUT2D eigenvalue weighted by Gasteiger charge is -2.10. The summed E-state index contributed by atoms with van der Waals surface area (Å²) < 4.78 is 41.4. The molecule has 0 atom stereocenters. The van der Waals surface area contributed by atoms with Crippen LogP contribution in [0, 0.1) is 12.7 Å². The Labute approximate surface area is 177 Å². The monoisotopic (exact) mass is 437 g/mol. The van der Waals surface area contributed by atoms with Crippen LogP contribution in [0.4, 0.5) is 4.39 Å². The summed E-state index contributed by atoms with van der Waals surface area (Å²) in [5.41, 5.74) is 1.91. The maximum absolute atomic E-state index is 13.5. The van der Waals surface area contributed by atoms with Crippen LogP contribution >= 0.6 is 0 Å². The number of aryl methyl sites for hydroxylation is 1. The number of aromatic carboxylic acids is 1. The number of halogens is 1. The van der Waals surface area contributed by atoms with Gasteiger partial charge in [0.1, 0.15) is 11.5 Å². The highest BCUT2D eigenvalue weighted by Crippen LogP contribution is 2.32. The van der Waals surface area contributed by atoms with Crippen LogP contribution < -0.4 is 0 Å². The summed E-state index contributed by atoms with van der Waals surface area (Å²) in [6.07, 6.45) is 0. The van der Waals surface area contributed by atoms with Crippen LogP contribution in [0.25, 0.3) is 16.9 Å². The lowest BCUT2D eigenvalue weighted by molar-refractivity contribution is 0.0697. The third-order valence-corrected chi connectivity index (χ3v) is 6.38. The molecular weight excluding hydrogens is 421 g/mol. The van der Waals surface area contributed by atoms with Crippen molar-refractivity contribution in [2.75, 3.05) is 0 Å². The Bertz CT molecular complexity index is 1360. The van der Waals surface area contributed by atoms with E-state index in [-0.39, 0.29) is 21.2 Å². The van der Waals surface area contributed by atoms with Crippen LogP contribution in [0.2, 0.25) is 0 Å². The van der Waals surface area contributed by atoms with Crippen LogP contribution in [-0.2, 0) is 9.84 Å². The number of aromatic nitrogens is 3. The van der Waals surface area contributed by atoms with Crippen LogP contribution in [0.5, 0.6) is 0 Å². The van der Waals surface area contributed by atoms with E-state index < -0.39 is 21.6 Å². The Hall–Kier alpha value is -3.85. The Morgan fingerprint density at radius 2 is 1.55 bits per heavy atom. The zero-order valence-electron chi connectivity index (χ0n) is 16.2. The Balaban J connectivity index is 1.93. The normalized spacial score (nSPS) is 11.4. The molecule has 4 aromatic rings. The van der Waals surface area contributed by atoms with Gasteiger partial charge in [0.2, 0.25) is 14.9 Å². The predicted octanol–water partition coefficient (Wildman–Crippen LogP) is 3.91. The predicted molar refractivity (Wildman–Crippen MR) is 110 cm³/mol. The molecule has 0 unspecified atom stereocenters. The lowest BCUT2D eigenvalue weighted by atomic mass is 10.1. The molecule has 0 aliphatic carbocycles. The summed E-state index contributed by atoms with van der Waals surface area (Å²) in [5.74, 6) is -1.57. The van der Waals surface area contributed by atoms with E-state index in [0.29, 0.717) is 11.3 Å². The smallest absolute Gasteiger partial charge is 0.335 e.